The second-order valence-electron chi connectivity index (χ2n) is 25.4. The van der Waals surface area contributed by atoms with E-state index in [1.54, 1.807) is 43.8 Å². The lowest BCUT2D eigenvalue weighted by molar-refractivity contribution is 0.588. The van der Waals surface area contributed by atoms with E-state index in [9.17, 15) is 0 Å². The minimum atomic E-state index is 0.205. The third-order valence-electron chi connectivity index (χ3n) is 17.8. The van der Waals surface area contributed by atoms with Gasteiger partial charge in [-0.3, -0.25) is 0 Å². The highest BCUT2D eigenvalue weighted by Gasteiger charge is 2.17. The summed E-state index contributed by atoms with van der Waals surface area (Å²) in [4.78, 5) is 0. The highest BCUT2D eigenvalue weighted by atomic mass is 16.3. The first-order valence-corrected chi connectivity index (χ1v) is 37.9. The molecule has 7 heteroatoms. The fraction of sp³-hybridized carbons (Fsp3) is 0.411. The molecule has 0 bridgehead atoms. The summed E-state index contributed by atoms with van der Waals surface area (Å²) in [6.45, 7) is 75.2. The number of hydrogen-bond donors (Lipinski definition) is 0. The van der Waals surface area contributed by atoms with E-state index in [4.69, 9.17) is 30.9 Å². The van der Waals surface area contributed by atoms with E-state index in [0.717, 1.165) is 45.5 Å². The number of benzene rings is 7. The van der Waals surface area contributed by atoms with Gasteiger partial charge in [-0.05, 0) is 301 Å². The summed E-state index contributed by atoms with van der Waals surface area (Å²) in [7, 11) is 0. The van der Waals surface area contributed by atoms with Crippen molar-refractivity contribution in [2.24, 2.45) is 0 Å². The molecule has 0 aliphatic rings. The zero-order chi connectivity index (χ0) is 78.1. The highest BCUT2D eigenvalue weighted by molar-refractivity contribution is 5.88. The monoisotopic (exact) mass is 1390 g/mol. The van der Waals surface area contributed by atoms with Crippen LogP contribution in [0.25, 0.3) is 76.8 Å². The molecule has 0 N–H and O–H groups in total. The van der Waals surface area contributed by atoms with Crippen molar-refractivity contribution in [1.82, 2.24) is 0 Å². The van der Waals surface area contributed by atoms with Crippen LogP contribution in [0.1, 0.15) is 250 Å². The summed E-state index contributed by atoms with van der Waals surface area (Å²) >= 11 is 0. The molecule has 14 aromatic rings. The SMILES string of the molecule is CC.CC.CC.CC.CC.CC.CC.CCc1cc(C)c2occc2c1.Cc1c(C)c(C)c2occc2c1C.Cc1cc(C(C)(C)C)cc2ccoc12.Cc1cc(C(C)C)cc2ccoc12.Cc1cc(C)c2ccoc2c1C.Cc1cc(C)c2occc2c1C.Cc1cc2ccoc2c(C)c1C. The van der Waals surface area contributed by atoms with Crippen LogP contribution in [0, 0.1) is 111 Å². The van der Waals surface area contributed by atoms with E-state index in [1.165, 1.54) is 143 Å². The lowest BCUT2D eigenvalue weighted by atomic mass is 9.85. The van der Waals surface area contributed by atoms with Gasteiger partial charge in [0.2, 0.25) is 0 Å². The minimum absolute atomic E-state index is 0.205. The number of furan rings is 7. The van der Waals surface area contributed by atoms with Gasteiger partial charge in [0.15, 0.2) is 0 Å². The zero-order valence-corrected chi connectivity index (χ0v) is 70.4. The van der Waals surface area contributed by atoms with Crippen molar-refractivity contribution in [2.45, 2.75) is 267 Å². The third-order valence-corrected chi connectivity index (χ3v) is 17.8. The molecule has 0 atom stereocenters. The van der Waals surface area contributed by atoms with E-state index in [-0.39, 0.29) is 5.41 Å². The van der Waals surface area contributed by atoms with E-state index in [2.05, 4.69) is 207 Å². The predicted molar refractivity (Wildman–Crippen MR) is 451 cm³/mol. The van der Waals surface area contributed by atoms with Crippen molar-refractivity contribution in [3.63, 3.8) is 0 Å². The molecule has 7 heterocycles. The van der Waals surface area contributed by atoms with Gasteiger partial charge < -0.3 is 30.9 Å². The van der Waals surface area contributed by atoms with Crippen molar-refractivity contribution >= 4 is 76.8 Å². The van der Waals surface area contributed by atoms with E-state index < -0.39 is 0 Å². The lowest BCUT2D eigenvalue weighted by Crippen LogP contribution is -2.10. The van der Waals surface area contributed by atoms with Gasteiger partial charge >= 0.3 is 0 Å². The van der Waals surface area contributed by atoms with Crippen molar-refractivity contribution < 1.29 is 30.9 Å². The van der Waals surface area contributed by atoms with Crippen molar-refractivity contribution in [3.8, 4) is 0 Å². The average molecular weight is 1390 g/mol. The van der Waals surface area contributed by atoms with Crippen LogP contribution in [-0.4, -0.2) is 0 Å². The molecule has 0 saturated carbocycles. The smallest absolute Gasteiger partial charge is 0.137 e. The largest absolute Gasteiger partial charge is 0.464 e. The average Bonchev–Trinajstić information content (AvgIpc) is 1.53. The zero-order valence-electron chi connectivity index (χ0n) is 70.4. The Hall–Kier alpha value is -8.68. The van der Waals surface area contributed by atoms with Crippen molar-refractivity contribution in [1.29, 1.82) is 0 Å². The van der Waals surface area contributed by atoms with Gasteiger partial charge in [-0.15, -0.1) is 0 Å². The summed E-state index contributed by atoms with van der Waals surface area (Å²) in [5, 5.41) is 8.56. The van der Waals surface area contributed by atoms with Gasteiger partial charge in [-0.1, -0.05) is 169 Å². The molecule has 102 heavy (non-hydrogen) atoms. The maximum atomic E-state index is 5.47. The Balaban J connectivity index is 0.000000578. The molecular weight excluding hydrogens is 1250 g/mol. The Labute approximate surface area is 617 Å². The third kappa shape index (κ3) is 23.7. The maximum absolute atomic E-state index is 5.47. The predicted octanol–water partition coefficient (Wildman–Crippen LogP) is 32.1. The highest BCUT2D eigenvalue weighted by Crippen LogP contribution is 2.33. The van der Waals surface area contributed by atoms with E-state index in [0.29, 0.717) is 5.92 Å². The molecule has 0 aliphatic heterocycles. The molecular formula is C95H134O7. The molecule has 0 unspecified atom stereocenters. The molecule has 0 saturated heterocycles. The van der Waals surface area contributed by atoms with Crippen molar-refractivity contribution in [2.75, 3.05) is 0 Å². The van der Waals surface area contributed by atoms with Crippen LogP contribution in [0.4, 0.5) is 0 Å². The molecule has 0 fully saturated rings. The Morgan fingerprint density at radius 1 is 0.265 bits per heavy atom. The summed E-state index contributed by atoms with van der Waals surface area (Å²) in [6, 6.07) is 33.9. The van der Waals surface area contributed by atoms with Gasteiger partial charge in [0, 0.05) is 37.7 Å². The van der Waals surface area contributed by atoms with Gasteiger partial charge in [0.25, 0.3) is 0 Å². The minimum Gasteiger partial charge on any atom is -0.464 e. The van der Waals surface area contributed by atoms with Crippen LogP contribution in [0.15, 0.2) is 172 Å². The first-order valence-electron chi connectivity index (χ1n) is 37.9. The maximum Gasteiger partial charge on any atom is 0.137 e. The van der Waals surface area contributed by atoms with Crippen LogP contribution in [0.5, 0.6) is 0 Å². The number of hydrogen-bond acceptors (Lipinski definition) is 7. The standard InChI is InChI=1S/C13H16O.2C12H14O.4C11H12O.7C2H6/c1-9-7-11(13(2,3)4)8-10-5-6-14-12(9)10;1-7-8(2)10(4)12-11(9(7)3)5-6-13-12;1-8(2)11-6-9(3)12-10(7-11)4-5-13-12;1-7-6-10-4-5-12-11(10)9(3)8(7)2;1-7-6-8(2)11-10(9(7)3)4-5-12-11;1-7-6-8(2)10-4-5-12-11(10)9(7)3;1-3-9-6-8(2)11-10(7-9)4-5-12-11;7*1-2/h5-8H,1-4H3;5-6H,1-4H3;4-8H,1-3H3;3*4-6H,1-3H3;4-7H,3H2,1-2H3;7*1-2H3. The van der Waals surface area contributed by atoms with Crippen LogP contribution in [-0.2, 0) is 11.8 Å². The quantitative estimate of drug-likeness (QED) is 0.170. The number of fused-ring (bicyclic) bond motifs is 7. The molecule has 14 rings (SSSR count). The summed E-state index contributed by atoms with van der Waals surface area (Å²) in [5.74, 6) is 0.581. The topological polar surface area (TPSA) is 92.0 Å². The fourth-order valence-corrected chi connectivity index (χ4v) is 11.5. The Bertz CT molecular complexity index is 4560. The molecule has 7 nitrogen and oxygen atoms in total. The Kier molecular flexibility index (Phi) is 40.6. The Morgan fingerprint density at radius 3 is 1.08 bits per heavy atom. The van der Waals surface area contributed by atoms with Crippen LogP contribution >= 0.6 is 0 Å². The van der Waals surface area contributed by atoms with Crippen LogP contribution in [0.3, 0.4) is 0 Å². The first-order chi connectivity index (χ1) is 48.7. The van der Waals surface area contributed by atoms with E-state index >= 15 is 0 Å². The normalized spacial score (nSPS) is 10.1. The summed E-state index contributed by atoms with van der Waals surface area (Å²) < 4.78 is 37.8. The fourth-order valence-electron chi connectivity index (χ4n) is 11.5. The van der Waals surface area contributed by atoms with Gasteiger partial charge in [-0.25, -0.2) is 0 Å². The molecule has 556 valence electrons. The lowest BCUT2D eigenvalue weighted by Gasteiger charge is -2.19. The molecule has 0 aliphatic carbocycles. The van der Waals surface area contributed by atoms with Crippen LogP contribution in [0.2, 0.25) is 0 Å². The summed E-state index contributed by atoms with van der Waals surface area (Å²) in [6.07, 6.45) is 13.4. The van der Waals surface area contributed by atoms with E-state index in [1.807, 2.05) is 139 Å². The Morgan fingerprint density at radius 2 is 0.598 bits per heavy atom. The summed E-state index contributed by atoms with van der Waals surface area (Å²) in [5.41, 5.74) is 32.2. The molecule has 7 aromatic heterocycles. The molecule has 0 amide bonds. The molecule has 7 aromatic carbocycles. The van der Waals surface area contributed by atoms with Gasteiger partial charge in [-0.2, -0.15) is 0 Å². The second-order valence-corrected chi connectivity index (χ2v) is 25.4. The molecule has 0 spiro atoms. The van der Waals surface area contributed by atoms with Gasteiger partial charge in [0.1, 0.15) is 39.1 Å². The van der Waals surface area contributed by atoms with Crippen LogP contribution < -0.4 is 0 Å². The number of aryl methyl sites for hydroxylation is 14. The second kappa shape index (κ2) is 45.3. The van der Waals surface area contributed by atoms with Gasteiger partial charge in [0.05, 0.1) is 43.8 Å². The van der Waals surface area contributed by atoms with Crippen molar-refractivity contribution in [3.05, 3.63) is 247 Å². The molecule has 0 radical (unpaired) electrons. The number of rotatable bonds is 2. The first kappa shape index (κ1) is 91.3.